The third-order valence-electron chi connectivity index (χ3n) is 7.72. The molecular weight excluding hydrogens is 593 g/mol. The lowest BCUT2D eigenvalue weighted by molar-refractivity contribution is -0.877. The summed E-state index contributed by atoms with van der Waals surface area (Å²) in [7, 11) is -1.78. The first-order valence-electron chi connectivity index (χ1n) is 12.7. The van der Waals surface area contributed by atoms with Crippen molar-refractivity contribution in [2.45, 2.75) is 29.4 Å². The monoisotopic (exact) mass is 620 g/mol. The van der Waals surface area contributed by atoms with E-state index in [1.807, 2.05) is 0 Å². The number of sulfonamides is 1. The molecule has 0 aromatic heterocycles. The van der Waals surface area contributed by atoms with Gasteiger partial charge in [0.05, 0.1) is 24.8 Å². The fraction of sp³-hybridized carbons (Fsp3) is 0.286. The molecule has 3 aromatic carbocycles. The minimum Gasteiger partial charge on any atom is -0.493 e. The lowest BCUT2D eigenvalue weighted by Crippen LogP contribution is -2.68. The number of benzene rings is 3. The van der Waals surface area contributed by atoms with Crippen LogP contribution in [0.3, 0.4) is 0 Å². The maximum absolute atomic E-state index is 14.7. The zero-order valence-corrected chi connectivity index (χ0v) is 24.5. The van der Waals surface area contributed by atoms with Gasteiger partial charge in [-0.05, 0) is 36.4 Å². The Kier molecular flexibility index (Phi) is 7.68. The van der Waals surface area contributed by atoms with E-state index in [0.29, 0.717) is 25.0 Å². The summed E-state index contributed by atoms with van der Waals surface area (Å²) in [5, 5.41) is 13.0. The molecule has 0 bridgehead atoms. The highest BCUT2D eigenvalue weighted by Crippen LogP contribution is 2.53. The van der Waals surface area contributed by atoms with Crippen LogP contribution in [0.25, 0.3) is 0 Å². The van der Waals surface area contributed by atoms with Crippen LogP contribution in [0.5, 0.6) is 11.5 Å². The predicted molar refractivity (Wildman–Crippen MR) is 152 cm³/mol. The van der Waals surface area contributed by atoms with Crippen LogP contribution in [0.4, 0.5) is 5.69 Å². The van der Waals surface area contributed by atoms with Crippen LogP contribution in [0.1, 0.15) is 24.0 Å². The van der Waals surface area contributed by atoms with Gasteiger partial charge in [0.15, 0.2) is 23.1 Å². The number of hydrogen-bond donors (Lipinski definition) is 2. The molecule has 216 valence electrons. The summed E-state index contributed by atoms with van der Waals surface area (Å²) in [6.07, 6.45) is 1.61. The Balaban J connectivity index is 1.83. The molecule has 1 saturated heterocycles. The second kappa shape index (κ2) is 10.8. The first-order valence-corrected chi connectivity index (χ1v) is 14.9. The summed E-state index contributed by atoms with van der Waals surface area (Å²) in [6.45, 7) is 0.433. The van der Waals surface area contributed by atoms with E-state index in [-0.39, 0.29) is 50.6 Å². The molecular formula is C28H28Cl2N3O7S+. The van der Waals surface area contributed by atoms with E-state index in [9.17, 15) is 23.1 Å². The van der Waals surface area contributed by atoms with Gasteiger partial charge in [-0.2, -0.15) is 10.0 Å². The van der Waals surface area contributed by atoms with Crippen LogP contribution < -0.4 is 19.2 Å². The topological polar surface area (TPSA) is 122 Å². The Hall–Kier alpha value is -3.35. The Morgan fingerprint density at radius 1 is 1.02 bits per heavy atom. The van der Waals surface area contributed by atoms with E-state index in [0.717, 1.165) is 4.31 Å². The number of nitrogens with one attached hydrogen (secondary N) is 1. The third kappa shape index (κ3) is 4.52. The molecule has 0 spiro atoms. The number of rotatable bonds is 8. The normalized spacial score (nSPS) is 21.3. The van der Waals surface area contributed by atoms with Gasteiger partial charge < -0.3 is 14.6 Å². The number of ether oxygens (including phenoxy) is 2. The summed E-state index contributed by atoms with van der Waals surface area (Å²) in [5.41, 5.74) is 0.538. The third-order valence-corrected chi connectivity index (χ3v) is 10.1. The van der Waals surface area contributed by atoms with Gasteiger partial charge in [-0.25, -0.2) is 17.5 Å². The first-order chi connectivity index (χ1) is 19.5. The average molecular weight is 622 g/mol. The highest BCUT2D eigenvalue weighted by molar-refractivity contribution is 7.93. The quantitative estimate of drug-likeness (QED) is 0.291. The number of halogens is 2. The van der Waals surface area contributed by atoms with Gasteiger partial charge in [0.1, 0.15) is 13.1 Å². The van der Waals surface area contributed by atoms with Crippen LogP contribution >= 0.6 is 23.2 Å². The van der Waals surface area contributed by atoms with Crippen LogP contribution in [-0.2, 0) is 25.2 Å². The summed E-state index contributed by atoms with van der Waals surface area (Å²) in [4.78, 5) is 26.2. The number of aliphatic hydroxyl groups is 1. The van der Waals surface area contributed by atoms with Crippen molar-refractivity contribution in [3.63, 3.8) is 0 Å². The van der Waals surface area contributed by atoms with Crippen LogP contribution in [-0.4, -0.2) is 63.8 Å². The average Bonchev–Trinajstić information content (AvgIpc) is 3.54. The highest BCUT2D eigenvalue weighted by atomic mass is 35.5. The number of carbonyl (C=O) groups excluding carboxylic acids is 2. The molecule has 0 saturated carbocycles. The molecule has 2 aliphatic heterocycles. The summed E-state index contributed by atoms with van der Waals surface area (Å²) >= 11 is 13.0. The molecule has 2 atom stereocenters. The van der Waals surface area contributed by atoms with Crippen LogP contribution in [0.2, 0.25) is 10.0 Å². The lowest BCUT2D eigenvalue weighted by Gasteiger charge is -2.39. The van der Waals surface area contributed by atoms with Gasteiger partial charge >= 0.3 is 5.91 Å². The Labute approximate surface area is 247 Å². The van der Waals surface area contributed by atoms with Crippen molar-refractivity contribution in [1.82, 2.24) is 5.43 Å². The highest BCUT2D eigenvalue weighted by Gasteiger charge is 2.64. The standard InChI is InChI=1S/C28H27Cl2N3O7S/c1-39-24-12-10-19(16-25(24)40-2)41(37,38)32-23-11-9-18(29)15-21(23)28(36,20-7-3-4-8-22(20)30)26(32)27(35)33(31-17-34)13-5-6-14-33/h3-4,7-12,15-17,26,36H,5-6,13-14H2,1-2H3/p+1/t26-,28-/m0/s1. The van der Waals surface area contributed by atoms with E-state index in [1.54, 1.807) is 12.1 Å². The maximum atomic E-state index is 14.7. The second-order valence-corrected chi connectivity index (χ2v) is 12.5. The molecule has 2 N–H and O–H groups in total. The predicted octanol–water partition coefficient (Wildman–Crippen LogP) is 3.62. The Bertz CT molecular complexity index is 1630. The molecule has 41 heavy (non-hydrogen) atoms. The summed E-state index contributed by atoms with van der Waals surface area (Å²) < 4.78 is 40.1. The molecule has 2 heterocycles. The summed E-state index contributed by atoms with van der Waals surface area (Å²) in [6, 6.07) is 12.9. The molecule has 2 amide bonds. The Morgan fingerprint density at radius 2 is 1.71 bits per heavy atom. The first kappa shape index (κ1) is 29.2. The molecule has 0 aliphatic carbocycles. The van der Waals surface area contributed by atoms with E-state index < -0.39 is 32.2 Å². The van der Waals surface area contributed by atoms with Crippen molar-refractivity contribution in [3.8, 4) is 11.5 Å². The molecule has 5 rings (SSSR count). The molecule has 2 aliphatic rings. The number of fused-ring (bicyclic) bond motifs is 1. The maximum Gasteiger partial charge on any atom is 0.365 e. The van der Waals surface area contributed by atoms with Gasteiger partial charge in [-0.1, -0.05) is 41.4 Å². The largest absolute Gasteiger partial charge is 0.493 e. The minimum absolute atomic E-state index is 0.0356. The smallest absolute Gasteiger partial charge is 0.365 e. The zero-order chi connectivity index (χ0) is 29.6. The van der Waals surface area contributed by atoms with Crippen molar-refractivity contribution < 1.29 is 37.2 Å². The molecule has 0 unspecified atom stereocenters. The van der Waals surface area contributed by atoms with E-state index in [1.165, 1.54) is 62.8 Å². The number of carbonyl (C=O) groups is 2. The molecule has 10 nitrogen and oxygen atoms in total. The van der Waals surface area contributed by atoms with Crippen molar-refractivity contribution >= 4 is 51.2 Å². The number of methoxy groups -OCH3 is 2. The molecule has 1 fully saturated rings. The van der Waals surface area contributed by atoms with Gasteiger partial charge in [-0.15, -0.1) is 0 Å². The Morgan fingerprint density at radius 3 is 2.34 bits per heavy atom. The van der Waals surface area contributed by atoms with Gasteiger partial charge in [-0.3, -0.25) is 4.79 Å². The zero-order valence-electron chi connectivity index (χ0n) is 22.2. The summed E-state index contributed by atoms with van der Waals surface area (Å²) in [5.74, 6) is -0.274. The van der Waals surface area contributed by atoms with E-state index in [4.69, 9.17) is 32.7 Å². The van der Waals surface area contributed by atoms with Crippen molar-refractivity contribution in [1.29, 1.82) is 0 Å². The molecule has 0 radical (unpaired) electrons. The van der Waals surface area contributed by atoms with E-state index in [2.05, 4.69) is 5.43 Å². The minimum atomic E-state index is -4.58. The number of hydrogen-bond acceptors (Lipinski definition) is 7. The van der Waals surface area contributed by atoms with Crippen LogP contribution in [0, 0.1) is 0 Å². The number of amides is 2. The molecule has 13 heteroatoms. The number of quaternary nitrogens is 1. The SMILES string of the molecule is COc1ccc(S(=O)(=O)N2c3ccc(Cl)cc3[C@@](O)(c3ccccc3Cl)[C@@H]2C(=O)[N+]2(NC=O)CCCC2)cc1OC. The van der Waals surface area contributed by atoms with Crippen molar-refractivity contribution in [2.24, 2.45) is 0 Å². The number of likely N-dealkylation sites (tertiary alicyclic amines) is 1. The number of anilines is 1. The van der Waals surface area contributed by atoms with Crippen LogP contribution in [0.15, 0.2) is 65.6 Å². The second-order valence-electron chi connectivity index (χ2n) is 9.84. The fourth-order valence-corrected chi connectivity index (χ4v) is 7.90. The van der Waals surface area contributed by atoms with Crippen molar-refractivity contribution in [2.75, 3.05) is 31.6 Å². The van der Waals surface area contributed by atoms with Gasteiger partial charge in [0.25, 0.3) is 16.4 Å². The van der Waals surface area contributed by atoms with Crippen molar-refractivity contribution in [3.05, 3.63) is 81.8 Å². The lowest BCUT2D eigenvalue weighted by atomic mass is 9.82. The fourth-order valence-electron chi connectivity index (χ4n) is 5.79. The molecule has 3 aromatic rings. The van der Waals surface area contributed by atoms with Gasteiger partial charge in [0, 0.05) is 40.1 Å². The van der Waals surface area contributed by atoms with E-state index >= 15 is 0 Å². The van der Waals surface area contributed by atoms with Gasteiger partial charge in [0.2, 0.25) is 0 Å². The number of nitrogens with zero attached hydrogens (tertiary/aromatic N) is 2.